The Morgan fingerprint density at radius 2 is 1.65 bits per heavy atom. The Kier molecular flexibility index (Phi) is 5.90. The highest BCUT2D eigenvalue weighted by Gasteiger charge is 2.08. The van der Waals surface area contributed by atoms with E-state index in [0.29, 0.717) is 32.8 Å². The fourth-order valence-electron chi connectivity index (χ4n) is 1.94. The second-order valence-corrected chi connectivity index (χ2v) is 5.44. The lowest BCUT2D eigenvalue weighted by Crippen LogP contribution is -1.98. The fraction of sp³-hybridized carbons (Fsp3) is 0.118. The second kappa shape index (κ2) is 7.90. The summed E-state index contributed by atoms with van der Waals surface area (Å²) in [5, 5.41) is 3.98. The summed E-state index contributed by atoms with van der Waals surface area (Å²) in [7, 11) is 3.06. The molecule has 120 valence electrons. The molecule has 0 atom stereocenters. The van der Waals surface area contributed by atoms with Crippen molar-refractivity contribution in [3.05, 3.63) is 64.3 Å². The van der Waals surface area contributed by atoms with Gasteiger partial charge < -0.3 is 14.8 Å². The summed E-state index contributed by atoms with van der Waals surface area (Å²) in [6.45, 7) is 0. The maximum absolute atomic E-state index is 12.2. The van der Waals surface area contributed by atoms with Crippen molar-refractivity contribution >= 4 is 34.7 Å². The van der Waals surface area contributed by atoms with Gasteiger partial charge in [-0.3, -0.25) is 4.79 Å². The first-order valence-corrected chi connectivity index (χ1v) is 7.44. The number of hydrogen-bond acceptors (Lipinski definition) is 4. The molecule has 0 radical (unpaired) electrons. The largest absolute Gasteiger partial charge is 0.493 e. The van der Waals surface area contributed by atoms with Crippen LogP contribution in [0.25, 0.3) is 0 Å². The quantitative estimate of drug-likeness (QED) is 0.598. The van der Waals surface area contributed by atoms with E-state index in [1.165, 1.54) is 19.4 Å². The summed E-state index contributed by atoms with van der Waals surface area (Å²) in [5.74, 6) is 0.896. The molecular formula is C17H15Cl2NO3. The third-order valence-corrected chi connectivity index (χ3v) is 3.45. The number of ketones is 1. The molecule has 0 bridgehead atoms. The maximum atomic E-state index is 12.2. The predicted molar refractivity (Wildman–Crippen MR) is 93.1 cm³/mol. The van der Waals surface area contributed by atoms with Crippen molar-refractivity contribution < 1.29 is 14.3 Å². The number of carbonyl (C=O) groups excluding carboxylic acids is 1. The van der Waals surface area contributed by atoms with Crippen LogP contribution in [0.3, 0.4) is 0 Å². The van der Waals surface area contributed by atoms with Gasteiger partial charge in [-0.05, 0) is 36.4 Å². The third kappa shape index (κ3) is 4.65. The summed E-state index contributed by atoms with van der Waals surface area (Å²) < 4.78 is 10.3. The van der Waals surface area contributed by atoms with E-state index in [1.54, 1.807) is 43.5 Å². The van der Waals surface area contributed by atoms with Crippen LogP contribution in [-0.4, -0.2) is 20.0 Å². The van der Waals surface area contributed by atoms with Crippen molar-refractivity contribution in [2.75, 3.05) is 19.5 Å². The molecule has 0 aromatic heterocycles. The smallest absolute Gasteiger partial charge is 0.187 e. The van der Waals surface area contributed by atoms with E-state index in [1.807, 2.05) is 0 Å². The molecule has 0 unspecified atom stereocenters. The molecular weight excluding hydrogens is 337 g/mol. The lowest BCUT2D eigenvalue weighted by Gasteiger charge is -2.08. The monoisotopic (exact) mass is 351 g/mol. The first-order valence-electron chi connectivity index (χ1n) is 6.69. The molecule has 0 aliphatic heterocycles. The molecule has 2 aromatic rings. The van der Waals surface area contributed by atoms with Gasteiger partial charge in [0.25, 0.3) is 0 Å². The second-order valence-electron chi connectivity index (χ2n) is 4.57. The van der Waals surface area contributed by atoms with Gasteiger partial charge in [0.2, 0.25) is 0 Å². The van der Waals surface area contributed by atoms with E-state index >= 15 is 0 Å². The zero-order chi connectivity index (χ0) is 16.8. The molecule has 2 aromatic carbocycles. The van der Waals surface area contributed by atoms with Crippen LogP contribution in [0.1, 0.15) is 10.4 Å². The Labute approximate surface area is 144 Å². The van der Waals surface area contributed by atoms with Crippen molar-refractivity contribution in [3.8, 4) is 11.5 Å². The van der Waals surface area contributed by atoms with Crippen LogP contribution in [0.2, 0.25) is 10.0 Å². The zero-order valence-electron chi connectivity index (χ0n) is 12.6. The summed E-state index contributed by atoms with van der Waals surface area (Å²) in [5.41, 5.74) is 1.18. The van der Waals surface area contributed by atoms with Crippen LogP contribution in [0, 0.1) is 0 Å². The minimum absolute atomic E-state index is 0.174. The SMILES string of the molecule is COc1ccc(C(=O)/C=C/Nc2cc(Cl)cc(Cl)c2)cc1OC. The molecule has 4 nitrogen and oxygen atoms in total. The number of rotatable bonds is 6. The van der Waals surface area contributed by atoms with Crippen molar-refractivity contribution in [3.63, 3.8) is 0 Å². The van der Waals surface area contributed by atoms with E-state index in [9.17, 15) is 4.79 Å². The summed E-state index contributed by atoms with van der Waals surface area (Å²) in [6.07, 6.45) is 2.94. The van der Waals surface area contributed by atoms with Crippen LogP contribution in [0.4, 0.5) is 5.69 Å². The van der Waals surface area contributed by atoms with E-state index in [-0.39, 0.29) is 5.78 Å². The first-order chi connectivity index (χ1) is 11.0. The molecule has 0 saturated heterocycles. The number of allylic oxidation sites excluding steroid dienone is 1. The molecule has 23 heavy (non-hydrogen) atoms. The Morgan fingerprint density at radius 3 is 2.26 bits per heavy atom. The predicted octanol–water partition coefficient (Wildman–Crippen LogP) is 4.82. The highest BCUT2D eigenvalue weighted by molar-refractivity contribution is 6.35. The van der Waals surface area contributed by atoms with Gasteiger partial charge in [-0.2, -0.15) is 0 Å². The number of hydrogen-bond donors (Lipinski definition) is 1. The van der Waals surface area contributed by atoms with Gasteiger partial charge in [-0.15, -0.1) is 0 Å². The Hall–Kier alpha value is -2.17. The van der Waals surface area contributed by atoms with Crippen LogP contribution in [0.15, 0.2) is 48.7 Å². The number of benzene rings is 2. The number of ether oxygens (including phenoxy) is 2. The highest BCUT2D eigenvalue weighted by Crippen LogP contribution is 2.28. The standard InChI is InChI=1S/C17H15Cl2NO3/c1-22-16-4-3-11(7-17(16)23-2)15(21)5-6-20-14-9-12(18)8-13(19)10-14/h3-10,20H,1-2H3/b6-5+. The van der Waals surface area contributed by atoms with E-state index in [4.69, 9.17) is 32.7 Å². The van der Waals surface area contributed by atoms with Crippen molar-refractivity contribution in [2.24, 2.45) is 0 Å². The van der Waals surface area contributed by atoms with Crippen molar-refractivity contribution in [1.82, 2.24) is 0 Å². The van der Waals surface area contributed by atoms with E-state index in [2.05, 4.69) is 5.32 Å². The summed E-state index contributed by atoms with van der Waals surface area (Å²) >= 11 is 11.8. The molecule has 6 heteroatoms. The lowest BCUT2D eigenvalue weighted by atomic mass is 10.1. The Bertz CT molecular complexity index is 724. The number of nitrogens with one attached hydrogen (secondary N) is 1. The minimum atomic E-state index is -0.174. The third-order valence-electron chi connectivity index (χ3n) is 3.02. The van der Waals surface area contributed by atoms with Gasteiger partial charge in [0.05, 0.1) is 14.2 Å². The Balaban J connectivity index is 2.09. The average Bonchev–Trinajstić information content (AvgIpc) is 2.53. The topological polar surface area (TPSA) is 47.6 Å². The van der Waals surface area contributed by atoms with Gasteiger partial charge in [0, 0.05) is 33.6 Å². The number of halogens is 2. The zero-order valence-corrected chi connectivity index (χ0v) is 14.1. The van der Waals surface area contributed by atoms with Gasteiger partial charge in [0.15, 0.2) is 17.3 Å². The molecule has 0 saturated carbocycles. The molecule has 0 aliphatic rings. The highest BCUT2D eigenvalue weighted by atomic mass is 35.5. The normalized spacial score (nSPS) is 10.6. The van der Waals surface area contributed by atoms with Gasteiger partial charge in [0.1, 0.15) is 0 Å². The molecule has 0 heterocycles. The van der Waals surface area contributed by atoms with Crippen molar-refractivity contribution in [2.45, 2.75) is 0 Å². The van der Waals surface area contributed by atoms with Crippen LogP contribution < -0.4 is 14.8 Å². The first kappa shape index (κ1) is 17.2. The molecule has 0 fully saturated rings. The van der Waals surface area contributed by atoms with E-state index < -0.39 is 0 Å². The van der Waals surface area contributed by atoms with Gasteiger partial charge in [-0.1, -0.05) is 23.2 Å². The van der Waals surface area contributed by atoms with Gasteiger partial charge >= 0.3 is 0 Å². The van der Waals surface area contributed by atoms with Crippen LogP contribution >= 0.6 is 23.2 Å². The molecule has 0 aliphatic carbocycles. The van der Waals surface area contributed by atoms with Crippen molar-refractivity contribution in [1.29, 1.82) is 0 Å². The average molecular weight is 352 g/mol. The van der Waals surface area contributed by atoms with Crippen LogP contribution in [0.5, 0.6) is 11.5 Å². The number of carbonyl (C=O) groups is 1. The summed E-state index contributed by atoms with van der Waals surface area (Å²) in [4.78, 5) is 12.2. The Morgan fingerprint density at radius 1 is 1.00 bits per heavy atom. The maximum Gasteiger partial charge on any atom is 0.187 e. The minimum Gasteiger partial charge on any atom is -0.493 e. The lowest BCUT2D eigenvalue weighted by molar-refractivity contribution is 0.104. The van der Waals surface area contributed by atoms with E-state index in [0.717, 1.165) is 0 Å². The fourth-order valence-corrected chi connectivity index (χ4v) is 2.46. The molecule has 0 amide bonds. The molecule has 1 N–H and O–H groups in total. The number of anilines is 1. The summed E-state index contributed by atoms with van der Waals surface area (Å²) in [6, 6.07) is 10.0. The molecule has 2 rings (SSSR count). The number of methoxy groups -OCH3 is 2. The molecule has 0 spiro atoms. The van der Waals surface area contributed by atoms with Gasteiger partial charge in [-0.25, -0.2) is 0 Å². The van der Waals surface area contributed by atoms with Crippen LogP contribution in [-0.2, 0) is 0 Å².